The minimum Gasteiger partial charge on any atom is -0.495 e. The lowest BCUT2D eigenvalue weighted by molar-refractivity contribution is -0.123. The Bertz CT molecular complexity index is 1310. The van der Waals surface area contributed by atoms with Gasteiger partial charge in [0.1, 0.15) is 11.8 Å². The molecule has 7 heteroatoms. The van der Waals surface area contributed by atoms with E-state index in [-0.39, 0.29) is 17.5 Å². The molecule has 0 bridgehead atoms. The highest BCUT2D eigenvalue weighted by Gasteiger charge is 2.65. The van der Waals surface area contributed by atoms with E-state index in [1.54, 1.807) is 36.4 Å². The molecule has 0 radical (unpaired) electrons. The van der Waals surface area contributed by atoms with Crippen molar-refractivity contribution in [1.29, 1.82) is 0 Å². The zero-order chi connectivity index (χ0) is 22.7. The highest BCUT2D eigenvalue weighted by Crippen LogP contribution is 2.54. The number of Topliss-reactive ketones (excluding diaryl/α,β-unsaturated/α-hetero) is 1. The fraction of sp³-hybridized carbons (Fsp3) is 0.192. The van der Waals surface area contributed by atoms with Crippen molar-refractivity contribution in [2.45, 2.75) is 12.1 Å². The van der Waals surface area contributed by atoms with Gasteiger partial charge in [0.05, 0.1) is 36.9 Å². The van der Waals surface area contributed by atoms with Crippen molar-refractivity contribution < 1.29 is 23.5 Å². The number of ether oxygens (including phenoxy) is 1. The van der Waals surface area contributed by atoms with Gasteiger partial charge in [-0.1, -0.05) is 36.4 Å². The number of imide groups is 1. The molecule has 3 aromatic rings. The fourth-order valence-electron chi connectivity index (χ4n) is 5.47. The molecule has 2 saturated heterocycles. The van der Waals surface area contributed by atoms with Crippen LogP contribution in [0, 0.1) is 11.8 Å². The highest BCUT2D eigenvalue weighted by atomic mass is 16.5. The Morgan fingerprint density at radius 2 is 1.70 bits per heavy atom. The Labute approximate surface area is 189 Å². The molecule has 7 nitrogen and oxygen atoms in total. The van der Waals surface area contributed by atoms with Crippen LogP contribution in [0.5, 0.6) is 5.75 Å². The van der Waals surface area contributed by atoms with E-state index in [0.717, 1.165) is 11.1 Å². The van der Waals surface area contributed by atoms with E-state index in [1.165, 1.54) is 18.3 Å². The average molecular weight is 440 g/mol. The van der Waals surface area contributed by atoms with Gasteiger partial charge in [0.15, 0.2) is 5.76 Å². The molecule has 0 spiro atoms. The summed E-state index contributed by atoms with van der Waals surface area (Å²) >= 11 is 0. The number of nitrogens with zero attached hydrogens (tertiary/aromatic N) is 2. The Kier molecular flexibility index (Phi) is 4.26. The first-order valence-corrected chi connectivity index (χ1v) is 10.7. The minimum atomic E-state index is -0.855. The van der Waals surface area contributed by atoms with Crippen LogP contribution in [0.15, 0.2) is 77.5 Å². The zero-order valence-electron chi connectivity index (χ0n) is 17.8. The van der Waals surface area contributed by atoms with Gasteiger partial charge < -0.3 is 14.1 Å². The predicted molar refractivity (Wildman–Crippen MR) is 119 cm³/mol. The van der Waals surface area contributed by atoms with Gasteiger partial charge in [0, 0.05) is 6.20 Å². The quantitative estimate of drug-likeness (QED) is 0.455. The van der Waals surface area contributed by atoms with Crippen LogP contribution < -0.4 is 9.64 Å². The normalized spacial score (nSPS) is 25.1. The molecule has 2 amide bonds. The lowest BCUT2D eigenvalue weighted by Crippen LogP contribution is -2.44. The molecule has 0 N–H and O–H groups in total. The van der Waals surface area contributed by atoms with Crippen molar-refractivity contribution in [3.8, 4) is 5.75 Å². The molecule has 4 atom stereocenters. The predicted octanol–water partition coefficient (Wildman–Crippen LogP) is 3.69. The maximum absolute atomic E-state index is 13.8. The van der Waals surface area contributed by atoms with Crippen LogP contribution in [0.3, 0.4) is 0 Å². The van der Waals surface area contributed by atoms with Crippen LogP contribution in [-0.4, -0.2) is 35.6 Å². The molecular formula is C26H20N2O5. The second-order valence-electron chi connectivity index (χ2n) is 8.36. The molecule has 0 unspecified atom stereocenters. The van der Waals surface area contributed by atoms with Gasteiger partial charge in [-0.05, 0) is 41.5 Å². The van der Waals surface area contributed by atoms with Crippen molar-refractivity contribution in [3.05, 3.63) is 90.0 Å². The van der Waals surface area contributed by atoms with Crippen molar-refractivity contribution in [1.82, 2.24) is 4.90 Å². The summed E-state index contributed by atoms with van der Waals surface area (Å²) in [6.07, 6.45) is 5.17. The first-order valence-electron chi connectivity index (χ1n) is 10.7. The van der Waals surface area contributed by atoms with Gasteiger partial charge in [0.2, 0.25) is 17.6 Å². The smallest absolute Gasteiger partial charge is 0.240 e. The molecule has 0 aliphatic carbocycles. The van der Waals surface area contributed by atoms with Gasteiger partial charge in [-0.3, -0.25) is 14.4 Å². The van der Waals surface area contributed by atoms with E-state index >= 15 is 0 Å². The number of para-hydroxylation sites is 2. The van der Waals surface area contributed by atoms with E-state index < -0.39 is 29.8 Å². The molecule has 33 heavy (non-hydrogen) atoms. The lowest BCUT2D eigenvalue weighted by Gasteiger charge is -2.35. The van der Waals surface area contributed by atoms with Crippen LogP contribution in [0.25, 0.3) is 6.08 Å². The summed E-state index contributed by atoms with van der Waals surface area (Å²) in [5.74, 6) is -2.01. The number of methoxy groups -OCH3 is 1. The van der Waals surface area contributed by atoms with Crippen LogP contribution in [-0.2, 0) is 9.59 Å². The number of anilines is 1. The number of hydrogen-bond donors (Lipinski definition) is 0. The van der Waals surface area contributed by atoms with Crippen molar-refractivity contribution >= 4 is 29.4 Å². The van der Waals surface area contributed by atoms with Gasteiger partial charge in [0.25, 0.3) is 0 Å². The van der Waals surface area contributed by atoms with E-state index in [9.17, 15) is 14.4 Å². The first kappa shape index (κ1) is 19.5. The topological polar surface area (TPSA) is 80.1 Å². The summed E-state index contributed by atoms with van der Waals surface area (Å²) in [6.45, 7) is 0. The summed E-state index contributed by atoms with van der Waals surface area (Å²) in [7, 11) is 1.50. The van der Waals surface area contributed by atoms with E-state index in [4.69, 9.17) is 9.15 Å². The van der Waals surface area contributed by atoms with E-state index in [2.05, 4.69) is 0 Å². The first-order chi connectivity index (χ1) is 16.1. The molecule has 3 aliphatic rings. The monoisotopic (exact) mass is 440 g/mol. The van der Waals surface area contributed by atoms with Gasteiger partial charge in [-0.25, -0.2) is 4.90 Å². The summed E-state index contributed by atoms with van der Waals surface area (Å²) in [4.78, 5) is 44.3. The second-order valence-corrected chi connectivity index (χ2v) is 8.36. The maximum atomic E-state index is 13.8. The van der Waals surface area contributed by atoms with Crippen LogP contribution in [0.4, 0.5) is 5.69 Å². The van der Waals surface area contributed by atoms with Crippen molar-refractivity contribution in [2.24, 2.45) is 11.8 Å². The van der Waals surface area contributed by atoms with Crippen molar-refractivity contribution in [2.75, 3.05) is 12.0 Å². The van der Waals surface area contributed by atoms with Gasteiger partial charge >= 0.3 is 0 Å². The molecule has 2 aromatic carbocycles. The average Bonchev–Trinajstić information content (AvgIpc) is 3.55. The number of benzene rings is 2. The van der Waals surface area contributed by atoms with Crippen LogP contribution in [0.1, 0.15) is 27.7 Å². The SMILES string of the molecule is COc1ccccc1N1C(=O)[C@@H]2[C@H](C1=O)[C@@H]1c3ccccc3C=CN1[C@H]2C(=O)c1ccco1. The Morgan fingerprint density at radius 1 is 0.939 bits per heavy atom. The molecule has 4 heterocycles. The summed E-state index contributed by atoms with van der Waals surface area (Å²) < 4.78 is 10.8. The summed E-state index contributed by atoms with van der Waals surface area (Å²) in [6, 6.07) is 16.6. The Balaban J connectivity index is 1.52. The van der Waals surface area contributed by atoms with Crippen molar-refractivity contribution in [3.63, 3.8) is 0 Å². The molecule has 2 fully saturated rings. The Hall–Kier alpha value is -4.13. The van der Waals surface area contributed by atoms with Gasteiger partial charge in [-0.15, -0.1) is 0 Å². The molecular weight excluding hydrogens is 420 g/mol. The molecule has 6 rings (SSSR count). The molecule has 1 aromatic heterocycles. The Morgan fingerprint density at radius 3 is 2.48 bits per heavy atom. The minimum absolute atomic E-state index is 0.169. The second kappa shape index (κ2) is 7.20. The summed E-state index contributed by atoms with van der Waals surface area (Å²) in [5.41, 5.74) is 2.28. The number of rotatable bonds is 4. The number of carbonyl (C=O) groups excluding carboxylic acids is 3. The third-order valence-corrected chi connectivity index (χ3v) is 6.82. The third kappa shape index (κ3) is 2.65. The number of carbonyl (C=O) groups is 3. The van der Waals surface area contributed by atoms with Crippen LogP contribution >= 0.6 is 0 Å². The largest absolute Gasteiger partial charge is 0.495 e. The lowest BCUT2D eigenvalue weighted by atomic mass is 9.84. The third-order valence-electron chi connectivity index (χ3n) is 6.82. The molecule has 164 valence electrons. The number of furan rings is 1. The fourth-order valence-corrected chi connectivity index (χ4v) is 5.47. The zero-order valence-corrected chi connectivity index (χ0v) is 17.8. The highest BCUT2D eigenvalue weighted by molar-refractivity contribution is 6.25. The van der Waals surface area contributed by atoms with E-state index in [0.29, 0.717) is 11.4 Å². The van der Waals surface area contributed by atoms with Gasteiger partial charge in [-0.2, -0.15) is 0 Å². The number of ketones is 1. The van der Waals surface area contributed by atoms with Crippen LogP contribution in [0.2, 0.25) is 0 Å². The standard InChI is InChI=1S/C26H20N2O5/c1-32-18-10-5-4-9-17(18)28-25(30)20-21(26(28)31)23(24(29)19-11-6-14-33-19)27-13-12-15-7-2-3-8-16(15)22(20)27/h2-14,20-23H,1H3/t20-,21+,22-,23+/m0/s1. The molecule has 3 aliphatic heterocycles. The number of fused-ring (bicyclic) bond motifs is 5. The molecule has 0 saturated carbocycles. The number of amides is 2. The summed E-state index contributed by atoms with van der Waals surface area (Å²) in [5, 5.41) is 0. The maximum Gasteiger partial charge on any atom is 0.240 e. The number of hydrogen-bond acceptors (Lipinski definition) is 6. The van der Waals surface area contributed by atoms with E-state index in [1.807, 2.05) is 41.4 Å².